The summed E-state index contributed by atoms with van der Waals surface area (Å²) in [6, 6.07) is 16.0. The second kappa shape index (κ2) is 19.1. The molecule has 3 aliphatic heterocycles. The number of piperidine rings is 1. The SMILES string of the molecule is NCCCCC(NC(=O)C1(NC(=O)C(Cc2ccccc2)NC(=O)C(N)Cc2ccccc2)CCCCC1)C(=O)N1CC2CCC(C1)N(CC(=O)O)C2. The van der Waals surface area contributed by atoms with Crippen LogP contribution in [0.25, 0.3) is 0 Å². The first-order valence-corrected chi connectivity index (χ1v) is 19.3. The molecule has 5 unspecified atom stereocenters. The molecule has 2 aromatic rings. The van der Waals surface area contributed by atoms with E-state index in [4.69, 9.17) is 11.5 Å². The van der Waals surface area contributed by atoms with Crippen molar-refractivity contribution < 1.29 is 29.1 Å². The average molecular weight is 732 g/mol. The lowest BCUT2D eigenvalue weighted by molar-refractivity contribution is -0.141. The molecule has 13 heteroatoms. The Morgan fingerprint density at radius 3 is 2.09 bits per heavy atom. The molecule has 0 aromatic heterocycles. The van der Waals surface area contributed by atoms with Gasteiger partial charge in [-0.2, -0.15) is 0 Å². The average Bonchev–Trinajstić information content (AvgIpc) is 3.47. The highest BCUT2D eigenvalue weighted by molar-refractivity contribution is 5.97. The highest BCUT2D eigenvalue weighted by Crippen LogP contribution is 2.31. The molecule has 0 radical (unpaired) electrons. The Kier molecular flexibility index (Phi) is 14.4. The first-order chi connectivity index (χ1) is 25.6. The van der Waals surface area contributed by atoms with E-state index in [1.54, 1.807) is 4.90 Å². The number of unbranched alkanes of at least 4 members (excludes halogenated alkanes) is 1. The van der Waals surface area contributed by atoms with E-state index in [0.29, 0.717) is 77.5 Å². The number of nitrogens with two attached hydrogens (primary N) is 2. The van der Waals surface area contributed by atoms with E-state index in [9.17, 15) is 29.1 Å². The lowest BCUT2D eigenvalue weighted by atomic mass is 9.80. The zero-order valence-electron chi connectivity index (χ0n) is 30.7. The first kappa shape index (κ1) is 39.9. The van der Waals surface area contributed by atoms with Crippen LogP contribution in [0.3, 0.4) is 0 Å². The number of aliphatic carboxylic acids is 1. The molecule has 2 bridgehead atoms. The van der Waals surface area contributed by atoms with Crippen molar-refractivity contribution in [3.63, 3.8) is 0 Å². The molecule has 4 fully saturated rings. The van der Waals surface area contributed by atoms with E-state index in [1.165, 1.54) is 0 Å². The Labute approximate surface area is 312 Å². The number of benzene rings is 2. The van der Waals surface area contributed by atoms with Gasteiger partial charge in [-0.1, -0.05) is 79.9 Å². The first-order valence-electron chi connectivity index (χ1n) is 19.3. The van der Waals surface area contributed by atoms with Gasteiger partial charge in [0.2, 0.25) is 23.6 Å². The van der Waals surface area contributed by atoms with Crippen LogP contribution in [0.15, 0.2) is 60.7 Å². The van der Waals surface area contributed by atoms with Crippen LogP contribution >= 0.6 is 0 Å². The number of hydrogen-bond acceptors (Lipinski definition) is 8. The summed E-state index contributed by atoms with van der Waals surface area (Å²) in [5, 5.41) is 18.5. The molecular weight excluding hydrogens is 674 g/mol. The second-order valence-electron chi connectivity index (χ2n) is 15.2. The fourth-order valence-corrected chi connectivity index (χ4v) is 8.18. The van der Waals surface area contributed by atoms with Crippen LogP contribution in [0.4, 0.5) is 0 Å². The van der Waals surface area contributed by atoms with Gasteiger partial charge in [-0.3, -0.25) is 28.9 Å². The summed E-state index contributed by atoms with van der Waals surface area (Å²) in [6.07, 6.45) is 7.07. The third-order valence-corrected chi connectivity index (χ3v) is 11.1. The van der Waals surface area contributed by atoms with Crippen molar-refractivity contribution in [1.29, 1.82) is 0 Å². The molecule has 0 spiro atoms. The number of carboxylic acids is 1. The zero-order valence-corrected chi connectivity index (χ0v) is 30.7. The van der Waals surface area contributed by atoms with Crippen molar-refractivity contribution in [1.82, 2.24) is 25.8 Å². The molecule has 8 N–H and O–H groups in total. The molecule has 4 amide bonds. The molecule has 288 valence electrons. The van der Waals surface area contributed by atoms with E-state index in [0.717, 1.165) is 30.4 Å². The van der Waals surface area contributed by atoms with Crippen molar-refractivity contribution in [2.75, 3.05) is 32.7 Å². The molecule has 1 saturated carbocycles. The summed E-state index contributed by atoms with van der Waals surface area (Å²) in [6.45, 7) is 1.92. The van der Waals surface area contributed by atoms with Crippen LogP contribution in [0, 0.1) is 5.92 Å². The van der Waals surface area contributed by atoms with Gasteiger partial charge < -0.3 is 37.4 Å². The minimum absolute atomic E-state index is 0.0595. The molecule has 5 atom stereocenters. The molecule has 3 saturated heterocycles. The van der Waals surface area contributed by atoms with Gasteiger partial charge in [0, 0.05) is 32.1 Å². The Morgan fingerprint density at radius 1 is 0.792 bits per heavy atom. The lowest BCUT2D eigenvalue weighted by Gasteiger charge is -2.39. The second-order valence-corrected chi connectivity index (χ2v) is 15.2. The number of amides is 4. The summed E-state index contributed by atoms with van der Waals surface area (Å²) in [5.41, 5.74) is 12.6. The standard InChI is InChI=1S/C40H57N7O6/c41-21-11-8-16-33(38(52)47-25-30-17-18-31(26-47)46(24-30)27-35(48)49)44-39(53)40(19-9-3-10-20-40)45-37(51)34(23-29-14-6-2-7-15-29)43-36(50)32(42)22-28-12-4-1-5-13-28/h1-2,4-7,12-15,30-34H,3,8-11,16-27,41-42H2,(H,43,50)(H,44,53)(H,45,51)(H,48,49). The van der Waals surface area contributed by atoms with Gasteiger partial charge in [0.1, 0.15) is 17.6 Å². The number of nitrogens with zero attached hydrogens (tertiary/aromatic N) is 2. The maximum absolute atomic E-state index is 14.5. The van der Waals surface area contributed by atoms with Crippen molar-refractivity contribution in [2.24, 2.45) is 17.4 Å². The van der Waals surface area contributed by atoms with Gasteiger partial charge in [0.15, 0.2) is 0 Å². The molecule has 53 heavy (non-hydrogen) atoms. The molecule has 6 rings (SSSR count). The number of hydrogen-bond donors (Lipinski definition) is 6. The van der Waals surface area contributed by atoms with Crippen molar-refractivity contribution in [3.8, 4) is 0 Å². The molecule has 2 aromatic carbocycles. The predicted molar refractivity (Wildman–Crippen MR) is 201 cm³/mol. The molecule has 13 nitrogen and oxygen atoms in total. The van der Waals surface area contributed by atoms with Gasteiger partial charge in [-0.05, 0) is 75.0 Å². The fourth-order valence-electron chi connectivity index (χ4n) is 8.18. The van der Waals surface area contributed by atoms with Gasteiger partial charge in [0.05, 0.1) is 12.6 Å². The predicted octanol–water partition coefficient (Wildman–Crippen LogP) is 1.72. The van der Waals surface area contributed by atoms with Gasteiger partial charge in [0.25, 0.3) is 0 Å². The normalized spacial score (nSPS) is 21.4. The topological polar surface area (TPSA) is 200 Å². The van der Waals surface area contributed by atoms with Crippen LogP contribution in [-0.4, -0.2) is 107 Å². The quantitative estimate of drug-likeness (QED) is 0.131. The van der Waals surface area contributed by atoms with E-state index in [1.807, 2.05) is 65.6 Å². The van der Waals surface area contributed by atoms with E-state index in [2.05, 4.69) is 16.0 Å². The number of carboxylic acid groups (broad SMARTS) is 1. The summed E-state index contributed by atoms with van der Waals surface area (Å²) in [4.78, 5) is 71.7. The van der Waals surface area contributed by atoms with Crippen LogP contribution in [0.5, 0.6) is 0 Å². The van der Waals surface area contributed by atoms with Crippen molar-refractivity contribution in [3.05, 3.63) is 71.8 Å². The number of fused-ring (bicyclic) bond motifs is 4. The smallest absolute Gasteiger partial charge is 0.317 e. The van der Waals surface area contributed by atoms with Crippen LogP contribution < -0.4 is 27.4 Å². The largest absolute Gasteiger partial charge is 0.480 e. The number of carbonyl (C=O) groups excluding carboxylic acids is 4. The zero-order chi connectivity index (χ0) is 37.8. The third kappa shape index (κ3) is 11.1. The lowest BCUT2D eigenvalue weighted by Crippen LogP contribution is -2.65. The summed E-state index contributed by atoms with van der Waals surface area (Å²) in [7, 11) is 0. The maximum atomic E-state index is 14.5. The Balaban J connectivity index is 1.33. The highest BCUT2D eigenvalue weighted by atomic mass is 16.4. The molecule has 4 aliphatic rings. The summed E-state index contributed by atoms with van der Waals surface area (Å²) < 4.78 is 0. The number of rotatable bonds is 17. The van der Waals surface area contributed by atoms with Crippen molar-refractivity contribution in [2.45, 2.75) is 107 Å². The molecule has 3 heterocycles. The van der Waals surface area contributed by atoms with Crippen LogP contribution in [-0.2, 0) is 36.8 Å². The maximum Gasteiger partial charge on any atom is 0.317 e. The van der Waals surface area contributed by atoms with Crippen LogP contribution in [0.1, 0.15) is 75.3 Å². The number of nitrogens with one attached hydrogen (secondary N) is 3. The molecule has 1 aliphatic carbocycles. The van der Waals surface area contributed by atoms with Crippen molar-refractivity contribution >= 4 is 29.6 Å². The van der Waals surface area contributed by atoms with E-state index < -0.39 is 47.4 Å². The third-order valence-electron chi connectivity index (χ3n) is 11.1. The van der Waals surface area contributed by atoms with Crippen LogP contribution in [0.2, 0.25) is 0 Å². The Morgan fingerprint density at radius 2 is 1.45 bits per heavy atom. The molecular formula is C40H57N7O6. The van der Waals surface area contributed by atoms with E-state index in [-0.39, 0.29) is 30.8 Å². The van der Waals surface area contributed by atoms with E-state index >= 15 is 0 Å². The Hall–Kier alpha value is -4.33. The Bertz CT molecular complexity index is 1540. The van der Waals surface area contributed by atoms with Gasteiger partial charge in [-0.15, -0.1) is 0 Å². The fraction of sp³-hybridized carbons (Fsp3) is 0.575. The summed E-state index contributed by atoms with van der Waals surface area (Å²) in [5.74, 6) is -2.29. The minimum atomic E-state index is -1.27. The van der Waals surface area contributed by atoms with Gasteiger partial charge >= 0.3 is 5.97 Å². The summed E-state index contributed by atoms with van der Waals surface area (Å²) >= 11 is 0. The monoisotopic (exact) mass is 731 g/mol. The highest BCUT2D eigenvalue weighted by Gasteiger charge is 2.45. The van der Waals surface area contributed by atoms with Gasteiger partial charge in [-0.25, -0.2) is 0 Å². The minimum Gasteiger partial charge on any atom is -0.480 e. The number of carbonyl (C=O) groups is 5.